The van der Waals surface area contributed by atoms with Crippen LogP contribution < -0.4 is 5.32 Å². The van der Waals surface area contributed by atoms with Gasteiger partial charge >= 0.3 is 6.09 Å². The van der Waals surface area contributed by atoms with E-state index in [4.69, 9.17) is 11.6 Å². The first-order valence-corrected chi connectivity index (χ1v) is 12.3. The second-order valence-corrected chi connectivity index (χ2v) is 10.8. The van der Waals surface area contributed by atoms with Gasteiger partial charge in [-0.15, -0.1) is 0 Å². The summed E-state index contributed by atoms with van der Waals surface area (Å²) < 4.78 is 0. The Bertz CT molecular complexity index is 1200. The van der Waals surface area contributed by atoms with Gasteiger partial charge < -0.3 is 20.4 Å². The highest BCUT2D eigenvalue weighted by Gasteiger charge is 2.50. The third kappa shape index (κ3) is 4.90. The molecule has 0 radical (unpaired) electrons. The highest BCUT2D eigenvalue weighted by molar-refractivity contribution is 6.30. The normalized spacial score (nSPS) is 20.9. The molecule has 2 heterocycles. The van der Waals surface area contributed by atoms with Gasteiger partial charge in [-0.3, -0.25) is 19.5 Å². The van der Waals surface area contributed by atoms with Gasteiger partial charge in [0.2, 0.25) is 5.91 Å². The smallest absolute Gasteiger partial charge is 0.408 e. The highest BCUT2D eigenvalue weighted by Crippen LogP contribution is 2.39. The van der Waals surface area contributed by atoms with E-state index in [0.717, 1.165) is 5.56 Å². The number of fused-ring (bicyclic) bond motifs is 1. The molecular formula is C26H31ClN4O5. The lowest BCUT2D eigenvalue weighted by Gasteiger charge is -2.43. The Morgan fingerprint density at radius 3 is 2.64 bits per heavy atom. The molecule has 9 nitrogen and oxygen atoms in total. The first kappa shape index (κ1) is 25.9. The minimum absolute atomic E-state index is 0.127. The number of halogens is 1. The van der Waals surface area contributed by atoms with Gasteiger partial charge in [-0.1, -0.05) is 23.7 Å². The van der Waals surface area contributed by atoms with E-state index in [0.29, 0.717) is 41.2 Å². The van der Waals surface area contributed by atoms with Crippen molar-refractivity contribution in [1.82, 2.24) is 20.1 Å². The van der Waals surface area contributed by atoms with E-state index in [1.807, 2.05) is 20.8 Å². The monoisotopic (exact) mass is 514 g/mol. The van der Waals surface area contributed by atoms with E-state index in [1.54, 1.807) is 36.5 Å². The molecule has 192 valence electrons. The van der Waals surface area contributed by atoms with Crippen LogP contribution in [0, 0.1) is 0 Å². The minimum atomic E-state index is -1.67. The van der Waals surface area contributed by atoms with Gasteiger partial charge in [-0.25, -0.2) is 4.79 Å². The van der Waals surface area contributed by atoms with Crippen LogP contribution >= 0.6 is 11.6 Å². The molecule has 2 aliphatic rings. The molecule has 0 saturated carbocycles. The quantitative estimate of drug-likeness (QED) is 0.544. The average Bonchev–Trinajstić information content (AvgIpc) is 3.13. The zero-order valence-corrected chi connectivity index (χ0v) is 21.4. The second kappa shape index (κ2) is 9.71. The maximum Gasteiger partial charge on any atom is 0.408 e. The number of nitrogens with zero attached hydrogens (tertiary/aromatic N) is 3. The largest absolute Gasteiger partial charge is 0.465 e. The van der Waals surface area contributed by atoms with Crippen molar-refractivity contribution in [2.45, 2.75) is 70.3 Å². The number of aryl methyl sites for hydroxylation is 1. The number of carbonyl (C=O) groups is 3. The summed E-state index contributed by atoms with van der Waals surface area (Å²) in [6.45, 7) is 6.09. The summed E-state index contributed by atoms with van der Waals surface area (Å²) in [7, 11) is 0. The zero-order valence-electron chi connectivity index (χ0n) is 20.6. The van der Waals surface area contributed by atoms with E-state index in [2.05, 4.69) is 10.3 Å². The van der Waals surface area contributed by atoms with Crippen molar-refractivity contribution in [3.63, 3.8) is 0 Å². The molecule has 10 heteroatoms. The minimum Gasteiger partial charge on any atom is -0.465 e. The maximum atomic E-state index is 13.3. The highest BCUT2D eigenvalue weighted by atomic mass is 35.5. The Hall–Kier alpha value is -3.17. The number of aromatic nitrogens is 1. The molecule has 3 N–H and O–H groups in total. The summed E-state index contributed by atoms with van der Waals surface area (Å²) in [6.07, 6.45) is 1.83. The molecule has 0 spiro atoms. The Morgan fingerprint density at radius 1 is 1.25 bits per heavy atom. The Labute approximate surface area is 215 Å². The lowest BCUT2D eigenvalue weighted by molar-refractivity contribution is -0.164. The molecule has 1 aromatic heterocycles. The Morgan fingerprint density at radius 2 is 2.00 bits per heavy atom. The molecule has 1 unspecified atom stereocenters. The van der Waals surface area contributed by atoms with Crippen LogP contribution in [0.1, 0.15) is 56.0 Å². The van der Waals surface area contributed by atoms with Gasteiger partial charge in [-0.05, 0) is 69.4 Å². The number of hydrogen-bond acceptors (Lipinski definition) is 5. The standard InChI is InChI=1S/C26H31ClN4O5/c1-25(2,3)31(24(34)35)15-16-6-7-18(27)13-17(16)14-29-22(32)21-9-12-30(21)23(33)26(36)10-8-20-19(26)5-4-11-28-20/h4-7,11,13,21,36H,8-10,12,14-15H2,1-3H3,(H,29,32)(H,34,35)/t21-,26?/m0/s1. The van der Waals surface area contributed by atoms with Crippen molar-refractivity contribution in [2.24, 2.45) is 0 Å². The number of amides is 3. The number of pyridine rings is 1. The molecule has 1 saturated heterocycles. The summed E-state index contributed by atoms with van der Waals surface area (Å²) in [4.78, 5) is 45.1. The van der Waals surface area contributed by atoms with Gasteiger partial charge in [0.25, 0.3) is 5.91 Å². The number of likely N-dealkylation sites (tertiary alicyclic amines) is 1. The summed E-state index contributed by atoms with van der Waals surface area (Å²) in [6, 6.07) is 7.86. The molecule has 4 rings (SSSR count). The first-order chi connectivity index (χ1) is 16.9. The van der Waals surface area contributed by atoms with Gasteiger partial charge in [-0.2, -0.15) is 0 Å². The summed E-state index contributed by atoms with van der Waals surface area (Å²) in [5.41, 5.74) is 0.338. The van der Waals surface area contributed by atoms with E-state index >= 15 is 0 Å². The number of nitrogens with one attached hydrogen (secondary N) is 1. The summed E-state index contributed by atoms with van der Waals surface area (Å²) >= 11 is 6.19. The molecule has 2 aromatic rings. The number of aliphatic hydroxyl groups is 1. The third-order valence-corrected chi connectivity index (χ3v) is 7.22. The van der Waals surface area contributed by atoms with Gasteiger partial charge in [0.05, 0.1) is 0 Å². The fraction of sp³-hybridized carbons (Fsp3) is 0.462. The molecule has 1 aromatic carbocycles. The Kier molecular flexibility index (Phi) is 6.99. The van der Waals surface area contributed by atoms with Gasteiger partial charge in [0.1, 0.15) is 6.04 Å². The molecular weight excluding hydrogens is 484 g/mol. The molecule has 3 amide bonds. The van der Waals surface area contributed by atoms with Gasteiger partial charge in [0.15, 0.2) is 5.60 Å². The number of rotatable bonds is 6. The van der Waals surface area contributed by atoms with Crippen LogP contribution in [0.25, 0.3) is 0 Å². The average molecular weight is 515 g/mol. The second-order valence-electron chi connectivity index (χ2n) is 10.3. The Balaban J connectivity index is 1.45. The van der Waals surface area contributed by atoms with E-state index < -0.39 is 29.2 Å². The van der Waals surface area contributed by atoms with Crippen molar-refractivity contribution < 1.29 is 24.6 Å². The maximum absolute atomic E-state index is 13.3. The van der Waals surface area contributed by atoms with Gasteiger partial charge in [0, 0.05) is 47.7 Å². The van der Waals surface area contributed by atoms with E-state index in [-0.39, 0.29) is 25.4 Å². The fourth-order valence-corrected chi connectivity index (χ4v) is 4.98. The number of carboxylic acid groups (broad SMARTS) is 1. The predicted octanol–water partition coefficient (Wildman–Crippen LogP) is 3.06. The molecule has 0 bridgehead atoms. The predicted molar refractivity (Wildman–Crippen MR) is 133 cm³/mol. The van der Waals surface area contributed by atoms with E-state index in [1.165, 1.54) is 9.80 Å². The van der Waals surface area contributed by atoms with Crippen molar-refractivity contribution in [3.8, 4) is 0 Å². The van der Waals surface area contributed by atoms with Crippen molar-refractivity contribution in [3.05, 3.63) is 63.9 Å². The summed E-state index contributed by atoms with van der Waals surface area (Å²) in [5.74, 6) is -0.814. The van der Waals surface area contributed by atoms with Crippen LogP contribution in [-0.4, -0.2) is 61.0 Å². The topological polar surface area (TPSA) is 123 Å². The van der Waals surface area contributed by atoms with Crippen LogP contribution in [-0.2, 0) is 34.7 Å². The third-order valence-electron chi connectivity index (χ3n) is 6.99. The van der Waals surface area contributed by atoms with Crippen LogP contribution in [0.2, 0.25) is 5.02 Å². The van der Waals surface area contributed by atoms with E-state index in [9.17, 15) is 24.6 Å². The van der Waals surface area contributed by atoms with Crippen molar-refractivity contribution >= 4 is 29.5 Å². The SMILES string of the molecule is CC(C)(C)N(Cc1ccc(Cl)cc1CNC(=O)[C@@H]1CCN1C(=O)C1(O)CCc2ncccc21)C(=O)O. The molecule has 1 aliphatic carbocycles. The lowest BCUT2D eigenvalue weighted by Crippen LogP contribution is -2.62. The number of carbonyl (C=O) groups excluding carboxylic acids is 2. The molecule has 2 atom stereocenters. The number of benzene rings is 1. The number of hydrogen-bond donors (Lipinski definition) is 3. The molecule has 1 aliphatic heterocycles. The first-order valence-electron chi connectivity index (χ1n) is 11.9. The molecule has 1 fully saturated rings. The lowest BCUT2D eigenvalue weighted by atomic mass is 9.91. The van der Waals surface area contributed by atoms with Crippen LogP contribution in [0.15, 0.2) is 36.5 Å². The molecule has 36 heavy (non-hydrogen) atoms. The van der Waals surface area contributed by atoms with Crippen LogP contribution in [0.3, 0.4) is 0 Å². The summed E-state index contributed by atoms with van der Waals surface area (Å²) in [5, 5.41) is 24.2. The fourth-order valence-electron chi connectivity index (χ4n) is 4.79. The van der Waals surface area contributed by atoms with Crippen molar-refractivity contribution in [1.29, 1.82) is 0 Å². The van der Waals surface area contributed by atoms with Crippen LogP contribution in [0.4, 0.5) is 4.79 Å². The van der Waals surface area contributed by atoms with Crippen LogP contribution in [0.5, 0.6) is 0 Å². The van der Waals surface area contributed by atoms with Crippen molar-refractivity contribution in [2.75, 3.05) is 6.54 Å². The zero-order chi connectivity index (χ0) is 26.3.